The minimum absolute atomic E-state index is 0.0910. The molecule has 0 radical (unpaired) electrons. The summed E-state index contributed by atoms with van der Waals surface area (Å²) in [5, 5.41) is 6.61. The quantitative estimate of drug-likeness (QED) is 0.275. The molecule has 0 fully saturated rings. The van der Waals surface area contributed by atoms with Crippen molar-refractivity contribution in [2.24, 2.45) is 0 Å². The van der Waals surface area contributed by atoms with Crippen molar-refractivity contribution in [1.82, 2.24) is 9.78 Å². The maximum Gasteiger partial charge on any atom is 0.435 e. The van der Waals surface area contributed by atoms with Crippen LogP contribution in [0.1, 0.15) is 34.5 Å². The van der Waals surface area contributed by atoms with Crippen LogP contribution in [0.25, 0.3) is 5.69 Å². The van der Waals surface area contributed by atoms with Crippen LogP contribution in [-0.2, 0) is 11.0 Å². The number of nitrogens with one attached hydrogen (secondary N) is 1. The van der Waals surface area contributed by atoms with E-state index in [1.54, 1.807) is 31.2 Å². The number of hydrogen-bond donors (Lipinski definition) is 1. The summed E-state index contributed by atoms with van der Waals surface area (Å²) in [4.78, 5) is 26.9. The first-order valence-electron chi connectivity index (χ1n) is 11.3. The fourth-order valence-electron chi connectivity index (χ4n) is 3.75. The predicted octanol–water partition coefficient (Wildman–Crippen LogP) is 6.70. The van der Waals surface area contributed by atoms with Gasteiger partial charge in [-0.05, 0) is 67.1 Å². The zero-order chi connectivity index (χ0) is 27.6. The van der Waals surface area contributed by atoms with Crippen molar-refractivity contribution in [2.75, 3.05) is 17.3 Å². The summed E-state index contributed by atoms with van der Waals surface area (Å²) in [5.74, 6) is -2.20. The second-order valence-corrected chi connectivity index (χ2v) is 8.92. The number of aromatic nitrogens is 2. The lowest BCUT2D eigenvalue weighted by atomic mass is 9.98. The number of nitrogens with zero attached hydrogens (tertiary/aromatic N) is 3. The van der Waals surface area contributed by atoms with E-state index in [9.17, 15) is 27.2 Å². The molecule has 4 rings (SSSR count). The summed E-state index contributed by atoms with van der Waals surface area (Å²) in [6.45, 7) is 1.61. The monoisotopic (exact) mass is 544 g/mol. The number of benzene rings is 3. The highest BCUT2D eigenvalue weighted by atomic mass is 35.5. The van der Waals surface area contributed by atoms with Gasteiger partial charge in [-0.3, -0.25) is 14.5 Å². The number of carbonyl (C=O) groups excluding carboxylic acids is 2. The van der Waals surface area contributed by atoms with Crippen molar-refractivity contribution in [1.29, 1.82) is 0 Å². The molecule has 3 aromatic carbocycles. The molecule has 38 heavy (non-hydrogen) atoms. The van der Waals surface area contributed by atoms with Crippen LogP contribution in [0.3, 0.4) is 0 Å². The van der Waals surface area contributed by atoms with Gasteiger partial charge in [0.2, 0.25) is 5.91 Å². The van der Waals surface area contributed by atoms with Gasteiger partial charge < -0.3 is 5.32 Å². The zero-order valence-corrected chi connectivity index (χ0v) is 20.9. The van der Waals surface area contributed by atoms with Gasteiger partial charge in [0.15, 0.2) is 5.69 Å². The Hall–Kier alpha value is -4.18. The number of anilines is 2. The van der Waals surface area contributed by atoms with E-state index in [1.807, 2.05) is 0 Å². The van der Waals surface area contributed by atoms with Gasteiger partial charge in [-0.15, -0.1) is 0 Å². The van der Waals surface area contributed by atoms with Crippen molar-refractivity contribution in [2.45, 2.75) is 19.0 Å². The van der Waals surface area contributed by atoms with Crippen LogP contribution in [-0.4, -0.2) is 28.6 Å². The maximum atomic E-state index is 13.5. The van der Waals surface area contributed by atoms with Crippen LogP contribution in [0.2, 0.25) is 5.02 Å². The van der Waals surface area contributed by atoms with Crippen LogP contribution in [0.15, 0.2) is 78.9 Å². The van der Waals surface area contributed by atoms with Crippen LogP contribution in [0, 0.1) is 5.82 Å². The molecule has 0 saturated heterocycles. The molecule has 196 valence electrons. The smallest absolute Gasteiger partial charge is 0.322 e. The predicted molar refractivity (Wildman–Crippen MR) is 136 cm³/mol. The first-order valence-corrected chi connectivity index (χ1v) is 11.7. The molecule has 0 aliphatic carbocycles. The standard InChI is InChI=1S/C27H21ClF4N4O2/c1-16(17-6-8-18(9-7-17)25(37)33-21-12-10-20(29)11-13-21)26(38)35(2)24-15-23(27(30,31)32)34-36(24)22-5-3-4-19(28)14-22/h3-16H,1-2H3,(H,33,37). The highest BCUT2D eigenvalue weighted by Gasteiger charge is 2.36. The van der Waals surface area contributed by atoms with E-state index >= 15 is 0 Å². The van der Waals surface area contributed by atoms with Crippen LogP contribution >= 0.6 is 11.6 Å². The number of amides is 2. The molecule has 1 N–H and O–H groups in total. The Kier molecular flexibility index (Phi) is 7.54. The SMILES string of the molecule is CC(C(=O)N(C)c1cc(C(F)(F)F)nn1-c1cccc(Cl)c1)c1ccc(C(=O)Nc2ccc(F)cc2)cc1. The van der Waals surface area contributed by atoms with E-state index in [4.69, 9.17) is 11.6 Å². The van der Waals surface area contributed by atoms with E-state index in [-0.39, 0.29) is 11.5 Å². The van der Waals surface area contributed by atoms with E-state index in [2.05, 4.69) is 10.4 Å². The summed E-state index contributed by atoms with van der Waals surface area (Å²) < 4.78 is 54.5. The molecule has 0 aliphatic rings. The summed E-state index contributed by atoms with van der Waals surface area (Å²) in [7, 11) is 1.36. The van der Waals surface area contributed by atoms with Gasteiger partial charge >= 0.3 is 6.18 Å². The lowest BCUT2D eigenvalue weighted by molar-refractivity contribution is -0.141. The Balaban J connectivity index is 1.56. The van der Waals surface area contributed by atoms with Gasteiger partial charge in [0.25, 0.3) is 5.91 Å². The first kappa shape index (κ1) is 26.9. The summed E-state index contributed by atoms with van der Waals surface area (Å²) in [6, 6.07) is 18.4. The minimum Gasteiger partial charge on any atom is -0.322 e. The molecule has 1 atom stereocenters. The molecule has 1 heterocycles. The average Bonchev–Trinajstić information content (AvgIpc) is 3.35. The van der Waals surface area contributed by atoms with Crippen LogP contribution in [0.5, 0.6) is 0 Å². The van der Waals surface area contributed by atoms with Gasteiger partial charge in [0.1, 0.15) is 11.6 Å². The van der Waals surface area contributed by atoms with Crippen LogP contribution in [0.4, 0.5) is 29.1 Å². The molecular formula is C27H21ClF4N4O2. The number of rotatable bonds is 6. The normalized spacial score (nSPS) is 12.2. The Morgan fingerprint density at radius 2 is 1.66 bits per heavy atom. The number of hydrogen-bond acceptors (Lipinski definition) is 3. The van der Waals surface area contributed by atoms with Gasteiger partial charge in [-0.1, -0.05) is 29.8 Å². The first-order chi connectivity index (χ1) is 17.9. The molecule has 0 saturated carbocycles. The molecule has 6 nitrogen and oxygen atoms in total. The van der Waals surface area contributed by atoms with Gasteiger partial charge in [0.05, 0.1) is 11.6 Å². The van der Waals surface area contributed by atoms with E-state index in [0.29, 0.717) is 21.8 Å². The molecule has 0 bridgehead atoms. The lowest BCUT2D eigenvalue weighted by Gasteiger charge is -2.22. The molecule has 1 unspecified atom stereocenters. The third-order valence-electron chi connectivity index (χ3n) is 5.85. The second kappa shape index (κ2) is 10.7. The van der Waals surface area contributed by atoms with Crippen molar-refractivity contribution >= 4 is 34.9 Å². The Morgan fingerprint density at radius 1 is 1.00 bits per heavy atom. The summed E-state index contributed by atoms with van der Waals surface area (Å²) >= 11 is 6.02. The topological polar surface area (TPSA) is 67.2 Å². The van der Waals surface area contributed by atoms with E-state index in [1.165, 1.54) is 55.6 Å². The molecular weight excluding hydrogens is 524 g/mol. The highest BCUT2D eigenvalue weighted by molar-refractivity contribution is 6.30. The summed E-state index contributed by atoms with van der Waals surface area (Å²) in [6.07, 6.45) is -4.72. The van der Waals surface area contributed by atoms with Crippen molar-refractivity contribution in [3.63, 3.8) is 0 Å². The Morgan fingerprint density at radius 3 is 2.26 bits per heavy atom. The molecule has 1 aromatic heterocycles. The molecule has 0 spiro atoms. The van der Waals surface area contributed by atoms with Crippen molar-refractivity contribution in [3.05, 3.63) is 107 Å². The number of carbonyl (C=O) groups is 2. The van der Waals surface area contributed by atoms with Gasteiger partial charge in [0, 0.05) is 29.4 Å². The Bertz CT molecular complexity index is 1470. The fraction of sp³-hybridized carbons (Fsp3) is 0.148. The zero-order valence-electron chi connectivity index (χ0n) is 20.1. The fourth-order valence-corrected chi connectivity index (χ4v) is 3.94. The number of likely N-dealkylation sites (N-methyl/N-ethyl adjacent to an activating group) is 1. The maximum absolute atomic E-state index is 13.5. The van der Waals surface area contributed by atoms with E-state index in [0.717, 1.165) is 15.6 Å². The molecule has 0 aliphatic heterocycles. The van der Waals surface area contributed by atoms with Crippen molar-refractivity contribution in [3.8, 4) is 5.69 Å². The molecule has 11 heteroatoms. The third kappa shape index (κ3) is 5.86. The largest absolute Gasteiger partial charge is 0.435 e. The molecule has 4 aromatic rings. The lowest BCUT2D eigenvalue weighted by Crippen LogP contribution is -2.32. The van der Waals surface area contributed by atoms with Gasteiger partial charge in [-0.2, -0.15) is 18.3 Å². The van der Waals surface area contributed by atoms with Crippen LogP contribution < -0.4 is 10.2 Å². The Labute approximate surface area is 220 Å². The number of alkyl halides is 3. The van der Waals surface area contributed by atoms with Crippen molar-refractivity contribution < 1.29 is 27.2 Å². The minimum atomic E-state index is -4.72. The van der Waals surface area contributed by atoms with E-state index < -0.39 is 35.4 Å². The van der Waals surface area contributed by atoms with Gasteiger partial charge in [-0.25, -0.2) is 9.07 Å². The third-order valence-corrected chi connectivity index (χ3v) is 6.09. The number of halogens is 5. The second-order valence-electron chi connectivity index (χ2n) is 8.48. The highest BCUT2D eigenvalue weighted by Crippen LogP contribution is 2.33. The summed E-state index contributed by atoms with van der Waals surface area (Å²) in [5.41, 5.74) is 0.369. The average molecular weight is 545 g/mol. The molecule has 2 amide bonds.